The van der Waals surface area contributed by atoms with Crippen LogP contribution in [0.25, 0.3) is 0 Å². The minimum absolute atomic E-state index is 0.0166. The largest absolute Gasteiger partial charge is 0.476 e. The third-order valence-corrected chi connectivity index (χ3v) is 4.22. The summed E-state index contributed by atoms with van der Waals surface area (Å²) in [4.78, 5) is 0. The molecule has 0 fully saturated rings. The first-order valence-corrected chi connectivity index (χ1v) is 8.85. The molecule has 0 aliphatic rings. The van der Waals surface area contributed by atoms with Crippen molar-refractivity contribution in [2.24, 2.45) is 0 Å². The van der Waals surface area contributed by atoms with E-state index in [1.165, 1.54) is 11.1 Å². The van der Waals surface area contributed by atoms with Crippen molar-refractivity contribution in [3.8, 4) is 5.75 Å². The van der Waals surface area contributed by atoms with Crippen LogP contribution in [-0.4, -0.2) is 25.9 Å². The van der Waals surface area contributed by atoms with E-state index in [2.05, 4.69) is 35.8 Å². The van der Waals surface area contributed by atoms with Gasteiger partial charge in [-0.3, -0.25) is 5.32 Å². The Morgan fingerprint density at radius 1 is 1.04 bits per heavy atom. The molecule has 24 heavy (non-hydrogen) atoms. The highest BCUT2D eigenvalue weighted by atomic mass is 35.5. The predicted molar refractivity (Wildman–Crippen MR) is 102 cm³/mol. The molecule has 0 radical (unpaired) electrons. The van der Waals surface area contributed by atoms with Crippen molar-refractivity contribution in [2.75, 3.05) is 13.6 Å². The quantitative estimate of drug-likeness (QED) is 0.672. The van der Waals surface area contributed by atoms with Gasteiger partial charge in [0, 0.05) is 11.1 Å². The first-order valence-electron chi connectivity index (χ1n) is 8.47. The molecule has 0 aromatic heterocycles. The molecule has 4 heteroatoms. The highest BCUT2D eigenvalue weighted by Gasteiger charge is 2.05. The van der Waals surface area contributed by atoms with Crippen molar-refractivity contribution < 1.29 is 4.74 Å². The molecule has 0 saturated carbocycles. The van der Waals surface area contributed by atoms with Gasteiger partial charge in [0.15, 0.2) is 0 Å². The first-order chi connectivity index (χ1) is 11.6. The van der Waals surface area contributed by atoms with Crippen LogP contribution in [0.2, 0.25) is 5.02 Å². The summed E-state index contributed by atoms with van der Waals surface area (Å²) < 4.78 is 5.71. The lowest BCUT2D eigenvalue weighted by atomic mass is 10.1. The summed E-state index contributed by atoms with van der Waals surface area (Å²) in [5, 5.41) is 7.43. The average Bonchev–Trinajstić information content (AvgIpc) is 2.56. The van der Waals surface area contributed by atoms with Gasteiger partial charge in [-0.15, -0.1) is 0 Å². The van der Waals surface area contributed by atoms with Crippen molar-refractivity contribution in [2.45, 2.75) is 39.0 Å². The molecular formula is C20H27ClN2O. The van der Waals surface area contributed by atoms with Crippen LogP contribution in [0.3, 0.4) is 0 Å². The Morgan fingerprint density at radius 3 is 2.46 bits per heavy atom. The fourth-order valence-electron chi connectivity index (χ4n) is 2.55. The lowest BCUT2D eigenvalue weighted by Gasteiger charge is -2.16. The topological polar surface area (TPSA) is 33.3 Å². The van der Waals surface area contributed by atoms with Crippen LogP contribution >= 0.6 is 11.6 Å². The van der Waals surface area contributed by atoms with Gasteiger partial charge in [-0.2, -0.15) is 0 Å². The van der Waals surface area contributed by atoms with E-state index in [1.54, 1.807) is 0 Å². The molecule has 2 aromatic carbocycles. The van der Waals surface area contributed by atoms with Gasteiger partial charge >= 0.3 is 0 Å². The van der Waals surface area contributed by atoms with Crippen LogP contribution in [0.4, 0.5) is 0 Å². The van der Waals surface area contributed by atoms with Crippen LogP contribution in [0.15, 0.2) is 48.5 Å². The molecule has 3 nitrogen and oxygen atoms in total. The second kappa shape index (κ2) is 9.67. The zero-order valence-corrected chi connectivity index (χ0v) is 15.4. The summed E-state index contributed by atoms with van der Waals surface area (Å²) >= 11 is 6.01. The molecule has 2 rings (SSSR count). The highest BCUT2D eigenvalue weighted by Crippen LogP contribution is 2.15. The SMILES string of the molecule is CNC(C)Oc1ccc(CC(C)NCCc2cccc(Cl)c2)cc1. The Kier molecular flexibility index (Phi) is 7.57. The fraction of sp³-hybridized carbons (Fsp3) is 0.400. The molecule has 2 atom stereocenters. The molecule has 2 unspecified atom stereocenters. The van der Waals surface area contributed by atoms with Crippen LogP contribution in [0, 0.1) is 0 Å². The van der Waals surface area contributed by atoms with E-state index in [0.717, 1.165) is 30.2 Å². The summed E-state index contributed by atoms with van der Waals surface area (Å²) in [6, 6.07) is 16.8. The summed E-state index contributed by atoms with van der Waals surface area (Å²) in [6.45, 7) is 5.15. The van der Waals surface area contributed by atoms with E-state index in [0.29, 0.717) is 6.04 Å². The molecule has 0 heterocycles. The van der Waals surface area contributed by atoms with Gasteiger partial charge in [-0.1, -0.05) is 35.9 Å². The number of nitrogens with one attached hydrogen (secondary N) is 2. The van der Waals surface area contributed by atoms with Gasteiger partial charge in [-0.25, -0.2) is 0 Å². The first kappa shape index (κ1) is 18.8. The molecule has 130 valence electrons. The van der Waals surface area contributed by atoms with Crippen molar-refractivity contribution >= 4 is 11.6 Å². The normalized spacial score (nSPS) is 13.5. The van der Waals surface area contributed by atoms with E-state index >= 15 is 0 Å². The van der Waals surface area contributed by atoms with Gasteiger partial charge in [0.1, 0.15) is 12.0 Å². The smallest absolute Gasteiger partial charge is 0.147 e. The van der Waals surface area contributed by atoms with Crippen LogP contribution < -0.4 is 15.4 Å². The summed E-state index contributed by atoms with van der Waals surface area (Å²) in [6.07, 6.45) is 2.00. The van der Waals surface area contributed by atoms with Crippen LogP contribution in [-0.2, 0) is 12.8 Å². The van der Waals surface area contributed by atoms with E-state index in [4.69, 9.17) is 16.3 Å². The van der Waals surface area contributed by atoms with Gasteiger partial charge in [-0.05, 0) is 75.7 Å². The summed E-state index contributed by atoms with van der Waals surface area (Å²) in [5.41, 5.74) is 2.57. The summed E-state index contributed by atoms with van der Waals surface area (Å²) in [5.74, 6) is 0.891. The van der Waals surface area contributed by atoms with Gasteiger partial charge < -0.3 is 10.1 Å². The zero-order valence-electron chi connectivity index (χ0n) is 14.7. The summed E-state index contributed by atoms with van der Waals surface area (Å²) in [7, 11) is 1.88. The zero-order chi connectivity index (χ0) is 17.4. The Morgan fingerprint density at radius 2 is 1.79 bits per heavy atom. The number of benzene rings is 2. The Hall–Kier alpha value is -1.55. The van der Waals surface area contributed by atoms with E-state index in [1.807, 2.05) is 44.3 Å². The monoisotopic (exact) mass is 346 g/mol. The van der Waals surface area contributed by atoms with Gasteiger partial charge in [0.2, 0.25) is 0 Å². The Bertz CT molecular complexity index is 615. The fourth-order valence-corrected chi connectivity index (χ4v) is 2.76. The minimum atomic E-state index is 0.0166. The maximum absolute atomic E-state index is 6.01. The molecular weight excluding hydrogens is 320 g/mol. The van der Waals surface area contributed by atoms with Gasteiger partial charge in [0.05, 0.1) is 0 Å². The van der Waals surface area contributed by atoms with Crippen LogP contribution in [0.5, 0.6) is 5.75 Å². The number of halogens is 1. The van der Waals surface area contributed by atoms with E-state index in [-0.39, 0.29) is 6.23 Å². The highest BCUT2D eigenvalue weighted by molar-refractivity contribution is 6.30. The second-order valence-corrected chi connectivity index (χ2v) is 6.57. The van der Waals surface area contributed by atoms with E-state index in [9.17, 15) is 0 Å². The Labute approximate surface area is 150 Å². The molecule has 2 aromatic rings. The maximum atomic E-state index is 6.01. The second-order valence-electron chi connectivity index (χ2n) is 6.13. The molecule has 0 bridgehead atoms. The molecule has 0 amide bonds. The lowest BCUT2D eigenvalue weighted by molar-refractivity contribution is 0.193. The molecule has 0 saturated heterocycles. The number of rotatable bonds is 9. The third-order valence-electron chi connectivity index (χ3n) is 3.98. The number of ether oxygens (including phenoxy) is 1. The molecule has 0 aliphatic heterocycles. The van der Waals surface area contributed by atoms with E-state index < -0.39 is 0 Å². The molecule has 2 N–H and O–H groups in total. The van der Waals surface area contributed by atoms with Crippen molar-refractivity contribution in [3.63, 3.8) is 0 Å². The average molecular weight is 347 g/mol. The Balaban J connectivity index is 1.74. The minimum Gasteiger partial charge on any atom is -0.476 e. The van der Waals surface area contributed by atoms with Crippen molar-refractivity contribution in [3.05, 3.63) is 64.7 Å². The predicted octanol–water partition coefficient (Wildman–Crippen LogP) is 4.05. The lowest BCUT2D eigenvalue weighted by Crippen LogP contribution is -2.30. The molecule has 0 aliphatic carbocycles. The standard InChI is InChI=1S/C20H27ClN2O/c1-15(23-12-11-17-5-4-6-19(21)14-17)13-18-7-9-20(10-8-18)24-16(2)22-3/h4-10,14-16,22-23H,11-13H2,1-3H3. The number of hydrogen-bond acceptors (Lipinski definition) is 3. The molecule has 0 spiro atoms. The third kappa shape index (κ3) is 6.52. The maximum Gasteiger partial charge on any atom is 0.147 e. The van der Waals surface area contributed by atoms with Crippen molar-refractivity contribution in [1.82, 2.24) is 10.6 Å². The van der Waals surface area contributed by atoms with Gasteiger partial charge in [0.25, 0.3) is 0 Å². The number of hydrogen-bond donors (Lipinski definition) is 2. The van der Waals surface area contributed by atoms with Crippen molar-refractivity contribution in [1.29, 1.82) is 0 Å². The van der Waals surface area contributed by atoms with Crippen LogP contribution in [0.1, 0.15) is 25.0 Å².